The van der Waals surface area contributed by atoms with Crippen molar-refractivity contribution in [3.05, 3.63) is 59.2 Å². The molecule has 1 heterocycles. The summed E-state index contributed by atoms with van der Waals surface area (Å²) in [6.07, 6.45) is 2.01. The Bertz CT molecular complexity index is 764. The van der Waals surface area contributed by atoms with Crippen molar-refractivity contribution in [2.45, 2.75) is 6.61 Å². The minimum Gasteiger partial charge on any atom is -0.504 e. The predicted octanol–water partition coefficient (Wildman–Crippen LogP) is 4.12. The van der Waals surface area contributed by atoms with Crippen LogP contribution in [0.3, 0.4) is 0 Å². The van der Waals surface area contributed by atoms with Crippen molar-refractivity contribution in [1.82, 2.24) is 4.57 Å². The Hall–Kier alpha value is -2.13. The van der Waals surface area contributed by atoms with Crippen molar-refractivity contribution in [2.75, 3.05) is 0 Å². The summed E-state index contributed by atoms with van der Waals surface area (Å²) in [6.45, 7) is 0.384. The molecule has 0 spiro atoms. The molecule has 0 radical (unpaired) electrons. The average molecular weight is 288 g/mol. The Morgan fingerprint density at radius 2 is 2.00 bits per heavy atom. The van der Waals surface area contributed by atoms with Crippen LogP contribution in [0.15, 0.2) is 48.7 Å². The van der Waals surface area contributed by atoms with E-state index in [9.17, 15) is 5.11 Å². The first-order chi connectivity index (χ1) is 9.65. The summed E-state index contributed by atoms with van der Waals surface area (Å²) in [5.41, 5.74) is 2.14. The standard InChI is InChI=1S/C16H14ClNO2/c1-18-9-11(13-8-12(17)6-7-14(13)18)10-20-16-5-3-2-4-15(16)19/h2-9,19H,10H2,1H3. The van der Waals surface area contributed by atoms with Crippen molar-refractivity contribution in [3.8, 4) is 11.5 Å². The number of nitrogens with zero attached hydrogens (tertiary/aromatic N) is 1. The van der Waals surface area contributed by atoms with E-state index in [1.165, 1.54) is 0 Å². The van der Waals surface area contributed by atoms with Gasteiger partial charge in [0.2, 0.25) is 0 Å². The number of halogens is 1. The topological polar surface area (TPSA) is 34.4 Å². The number of hydrogen-bond acceptors (Lipinski definition) is 2. The summed E-state index contributed by atoms with van der Waals surface area (Å²) < 4.78 is 7.71. The lowest BCUT2D eigenvalue weighted by Crippen LogP contribution is -1.94. The van der Waals surface area contributed by atoms with Gasteiger partial charge in [-0.25, -0.2) is 0 Å². The molecule has 0 unspecified atom stereocenters. The molecule has 102 valence electrons. The second-order valence-electron chi connectivity index (χ2n) is 4.68. The van der Waals surface area contributed by atoms with Crippen molar-refractivity contribution in [2.24, 2.45) is 7.05 Å². The highest BCUT2D eigenvalue weighted by Crippen LogP contribution is 2.28. The molecule has 0 bridgehead atoms. The number of para-hydroxylation sites is 2. The van der Waals surface area contributed by atoms with Crippen LogP contribution >= 0.6 is 11.6 Å². The van der Waals surface area contributed by atoms with Crippen LogP contribution in [0.1, 0.15) is 5.56 Å². The lowest BCUT2D eigenvalue weighted by molar-refractivity contribution is 0.290. The number of ether oxygens (including phenoxy) is 1. The van der Waals surface area contributed by atoms with E-state index in [2.05, 4.69) is 0 Å². The van der Waals surface area contributed by atoms with Gasteiger partial charge >= 0.3 is 0 Å². The molecule has 0 aliphatic rings. The summed E-state index contributed by atoms with van der Waals surface area (Å²) in [6, 6.07) is 12.7. The molecule has 4 heteroatoms. The molecule has 0 saturated heterocycles. The zero-order valence-electron chi connectivity index (χ0n) is 11.0. The highest BCUT2D eigenvalue weighted by molar-refractivity contribution is 6.31. The van der Waals surface area contributed by atoms with Gasteiger partial charge in [-0.1, -0.05) is 23.7 Å². The summed E-state index contributed by atoms with van der Waals surface area (Å²) in [5.74, 6) is 0.623. The molecule has 3 aromatic rings. The third-order valence-electron chi connectivity index (χ3n) is 3.28. The molecule has 1 N–H and O–H groups in total. The minimum atomic E-state index is 0.144. The number of benzene rings is 2. The fourth-order valence-corrected chi connectivity index (χ4v) is 2.47. The number of aromatic nitrogens is 1. The number of phenols is 1. The Balaban J connectivity index is 1.92. The lowest BCUT2D eigenvalue weighted by atomic mass is 10.2. The molecule has 0 amide bonds. The lowest BCUT2D eigenvalue weighted by Gasteiger charge is -2.07. The maximum Gasteiger partial charge on any atom is 0.161 e. The van der Waals surface area contributed by atoms with Gasteiger partial charge in [0.05, 0.1) is 0 Å². The van der Waals surface area contributed by atoms with Crippen LogP contribution in [-0.2, 0) is 13.7 Å². The SMILES string of the molecule is Cn1cc(COc2ccccc2O)c2cc(Cl)ccc21. The molecule has 1 aromatic heterocycles. The molecule has 3 rings (SSSR count). The second kappa shape index (κ2) is 5.10. The molecule has 0 fully saturated rings. The smallest absolute Gasteiger partial charge is 0.161 e. The summed E-state index contributed by atoms with van der Waals surface area (Å²) in [4.78, 5) is 0. The Kier molecular flexibility index (Phi) is 3.28. The number of fused-ring (bicyclic) bond motifs is 1. The number of phenolic OH excluding ortho intramolecular Hbond substituents is 1. The molecule has 0 saturated carbocycles. The van der Waals surface area contributed by atoms with E-state index >= 15 is 0 Å². The van der Waals surface area contributed by atoms with Crippen molar-refractivity contribution in [1.29, 1.82) is 0 Å². The molecule has 0 aliphatic heterocycles. The van der Waals surface area contributed by atoms with E-state index in [1.54, 1.807) is 18.2 Å². The van der Waals surface area contributed by atoms with Crippen molar-refractivity contribution >= 4 is 22.5 Å². The number of rotatable bonds is 3. The zero-order chi connectivity index (χ0) is 14.1. The molecular formula is C16H14ClNO2. The molecule has 3 nitrogen and oxygen atoms in total. The molecule has 2 aromatic carbocycles. The van der Waals surface area contributed by atoms with E-state index in [0.717, 1.165) is 16.5 Å². The van der Waals surface area contributed by atoms with Gasteiger partial charge in [0.25, 0.3) is 0 Å². The van der Waals surface area contributed by atoms with Gasteiger partial charge in [-0.3, -0.25) is 0 Å². The van der Waals surface area contributed by atoms with Crippen LogP contribution in [0.4, 0.5) is 0 Å². The summed E-state index contributed by atoms with van der Waals surface area (Å²) >= 11 is 6.05. The first-order valence-electron chi connectivity index (χ1n) is 6.29. The third kappa shape index (κ3) is 2.32. The Morgan fingerprint density at radius 1 is 1.20 bits per heavy atom. The summed E-state index contributed by atoms with van der Waals surface area (Å²) in [7, 11) is 1.99. The second-order valence-corrected chi connectivity index (χ2v) is 5.12. The van der Waals surface area contributed by atoms with Crippen LogP contribution in [0.2, 0.25) is 5.02 Å². The van der Waals surface area contributed by atoms with Crippen LogP contribution in [-0.4, -0.2) is 9.67 Å². The van der Waals surface area contributed by atoms with E-state index in [1.807, 2.05) is 42.1 Å². The quantitative estimate of drug-likeness (QED) is 0.786. The maximum absolute atomic E-state index is 9.70. The van der Waals surface area contributed by atoms with Crippen LogP contribution in [0.5, 0.6) is 11.5 Å². The van der Waals surface area contributed by atoms with E-state index in [0.29, 0.717) is 17.4 Å². The number of aryl methyl sites for hydroxylation is 1. The monoisotopic (exact) mass is 287 g/mol. The first kappa shape index (κ1) is 12.9. The molecule has 20 heavy (non-hydrogen) atoms. The Morgan fingerprint density at radius 3 is 2.80 bits per heavy atom. The van der Waals surface area contributed by atoms with Crippen LogP contribution in [0.25, 0.3) is 10.9 Å². The molecule has 0 atom stereocenters. The maximum atomic E-state index is 9.70. The van der Waals surface area contributed by atoms with Gasteiger partial charge in [-0.15, -0.1) is 0 Å². The molecule has 0 aliphatic carbocycles. The minimum absolute atomic E-state index is 0.144. The predicted molar refractivity (Wildman–Crippen MR) is 80.4 cm³/mol. The molecular weight excluding hydrogens is 274 g/mol. The van der Waals surface area contributed by atoms with E-state index in [4.69, 9.17) is 16.3 Å². The van der Waals surface area contributed by atoms with Gasteiger partial charge in [0, 0.05) is 34.7 Å². The van der Waals surface area contributed by atoms with E-state index < -0.39 is 0 Å². The van der Waals surface area contributed by atoms with Gasteiger partial charge in [0.15, 0.2) is 11.5 Å². The van der Waals surface area contributed by atoms with Crippen molar-refractivity contribution < 1.29 is 9.84 Å². The van der Waals surface area contributed by atoms with E-state index in [-0.39, 0.29) is 5.75 Å². The van der Waals surface area contributed by atoms with Gasteiger partial charge in [-0.05, 0) is 30.3 Å². The highest BCUT2D eigenvalue weighted by atomic mass is 35.5. The van der Waals surface area contributed by atoms with Crippen LogP contribution < -0.4 is 4.74 Å². The third-order valence-corrected chi connectivity index (χ3v) is 3.52. The first-order valence-corrected chi connectivity index (χ1v) is 6.67. The van der Waals surface area contributed by atoms with Gasteiger partial charge in [0.1, 0.15) is 6.61 Å². The fraction of sp³-hybridized carbons (Fsp3) is 0.125. The number of hydrogen-bond donors (Lipinski definition) is 1. The summed E-state index contributed by atoms with van der Waals surface area (Å²) in [5, 5.41) is 11.5. The fourth-order valence-electron chi connectivity index (χ4n) is 2.30. The zero-order valence-corrected chi connectivity index (χ0v) is 11.8. The largest absolute Gasteiger partial charge is 0.504 e. The normalized spacial score (nSPS) is 10.9. The van der Waals surface area contributed by atoms with Crippen LogP contribution in [0, 0.1) is 0 Å². The highest BCUT2D eigenvalue weighted by Gasteiger charge is 2.09. The average Bonchev–Trinajstić information content (AvgIpc) is 2.74. The van der Waals surface area contributed by atoms with Gasteiger partial charge < -0.3 is 14.4 Å². The Labute approximate surface area is 122 Å². The van der Waals surface area contributed by atoms with Crippen molar-refractivity contribution in [3.63, 3.8) is 0 Å². The van der Waals surface area contributed by atoms with Gasteiger partial charge in [-0.2, -0.15) is 0 Å². The number of aromatic hydroxyl groups is 1.